The molecule has 0 saturated heterocycles. The van der Waals surface area contributed by atoms with Gasteiger partial charge in [0.15, 0.2) is 5.60 Å². The number of nitrogens with zero attached hydrogens (tertiary/aromatic N) is 2. The second-order valence-electron chi connectivity index (χ2n) is 8.47. The highest BCUT2D eigenvalue weighted by molar-refractivity contribution is 5.43. The van der Waals surface area contributed by atoms with Gasteiger partial charge in [-0.05, 0) is 23.3 Å². The molecule has 33 heavy (non-hydrogen) atoms. The molecular weight excluding hydrogens is 410 g/mol. The zero-order chi connectivity index (χ0) is 23.1. The first-order valence-corrected chi connectivity index (χ1v) is 11.4. The van der Waals surface area contributed by atoms with Crippen LogP contribution in [0.15, 0.2) is 97.2 Å². The summed E-state index contributed by atoms with van der Waals surface area (Å²) in [5.41, 5.74) is 1.36. The van der Waals surface area contributed by atoms with Crippen molar-refractivity contribution >= 4 is 0 Å². The van der Waals surface area contributed by atoms with Crippen LogP contribution in [0.4, 0.5) is 0 Å². The first-order chi connectivity index (χ1) is 16.1. The van der Waals surface area contributed by atoms with Crippen molar-refractivity contribution in [2.45, 2.75) is 18.6 Å². The van der Waals surface area contributed by atoms with Crippen LogP contribution in [0, 0.1) is 0 Å². The third-order valence-electron chi connectivity index (χ3n) is 6.03. The number of aliphatic hydroxyl groups is 1. The highest BCUT2D eigenvalue weighted by Gasteiger charge is 2.38. The summed E-state index contributed by atoms with van der Waals surface area (Å²) in [5, 5.41) is 12.0. The maximum atomic E-state index is 12.0. The van der Waals surface area contributed by atoms with Gasteiger partial charge in [0, 0.05) is 13.5 Å². The minimum atomic E-state index is -1.33. The number of aromatic nitrogens is 2. The van der Waals surface area contributed by atoms with Gasteiger partial charge in [0.25, 0.3) is 0 Å². The molecule has 0 aliphatic heterocycles. The number of quaternary nitrogens is 1. The van der Waals surface area contributed by atoms with Crippen molar-refractivity contribution in [2.24, 2.45) is 7.05 Å². The average Bonchev–Trinajstić information content (AvgIpc) is 3.23. The zero-order valence-corrected chi connectivity index (χ0v) is 19.3. The van der Waals surface area contributed by atoms with Crippen molar-refractivity contribution in [1.29, 1.82) is 0 Å². The molecule has 0 aliphatic carbocycles. The smallest absolute Gasteiger partial charge is 0.173 e. The normalized spacial score (nSPS) is 12.5. The number of imidazole rings is 1. The Kier molecular flexibility index (Phi) is 7.23. The maximum absolute atomic E-state index is 12.0. The quantitative estimate of drug-likeness (QED) is 0.371. The van der Waals surface area contributed by atoms with Gasteiger partial charge in [-0.15, -0.1) is 0 Å². The van der Waals surface area contributed by atoms with E-state index in [2.05, 4.69) is 7.05 Å². The zero-order valence-electron chi connectivity index (χ0n) is 19.3. The molecule has 5 nitrogen and oxygen atoms in total. The molecule has 170 valence electrons. The van der Waals surface area contributed by atoms with Crippen LogP contribution in [0.3, 0.4) is 0 Å². The number of ether oxygens (including phenoxy) is 1. The van der Waals surface area contributed by atoms with E-state index in [4.69, 9.17) is 9.72 Å². The van der Waals surface area contributed by atoms with E-state index in [1.165, 1.54) is 4.90 Å². The molecule has 1 aromatic heterocycles. The van der Waals surface area contributed by atoms with E-state index in [0.717, 1.165) is 42.1 Å². The number of nitrogens with one attached hydrogen (secondary N) is 1. The first-order valence-electron chi connectivity index (χ1n) is 11.4. The first kappa shape index (κ1) is 22.8. The molecule has 0 spiro atoms. The molecule has 4 aromatic rings. The highest BCUT2D eigenvalue weighted by Crippen LogP contribution is 2.35. The van der Waals surface area contributed by atoms with E-state index in [1.807, 2.05) is 109 Å². The number of benzene rings is 3. The largest absolute Gasteiger partial charge is 0.493 e. The average molecular weight is 443 g/mol. The van der Waals surface area contributed by atoms with Crippen molar-refractivity contribution < 1.29 is 14.7 Å². The number of rotatable bonds is 10. The van der Waals surface area contributed by atoms with Gasteiger partial charge in [0.2, 0.25) is 0 Å². The molecule has 0 bridgehead atoms. The van der Waals surface area contributed by atoms with Gasteiger partial charge < -0.3 is 19.3 Å². The Morgan fingerprint density at radius 1 is 0.879 bits per heavy atom. The Balaban J connectivity index is 1.47. The van der Waals surface area contributed by atoms with Crippen molar-refractivity contribution in [2.75, 3.05) is 20.2 Å². The van der Waals surface area contributed by atoms with Crippen LogP contribution in [-0.4, -0.2) is 34.9 Å². The van der Waals surface area contributed by atoms with E-state index in [-0.39, 0.29) is 0 Å². The third kappa shape index (κ3) is 5.16. The summed E-state index contributed by atoms with van der Waals surface area (Å²) in [4.78, 5) is 6.07. The van der Waals surface area contributed by atoms with Crippen LogP contribution in [-0.2, 0) is 19.2 Å². The fraction of sp³-hybridized carbons (Fsp3) is 0.250. The lowest BCUT2D eigenvalue weighted by Crippen LogP contribution is -3.07. The molecule has 1 unspecified atom stereocenters. The molecular formula is C28H32N3O2+. The molecule has 0 amide bonds. The van der Waals surface area contributed by atoms with Crippen molar-refractivity contribution in [3.05, 3.63) is 120 Å². The van der Waals surface area contributed by atoms with Crippen molar-refractivity contribution in [3.8, 4) is 5.75 Å². The van der Waals surface area contributed by atoms with Crippen LogP contribution >= 0.6 is 0 Å². The minimum Gasteiger partial charge on any atom is -0.493 e. The van der Waals surface area contributed by atoms with E-state index in [9.17, 15) is 5.11 Å². The van der Waals surface area contributed by atoms with Gasteiger partial charge in [-0.3, -0.25) is 0 Å². The van der Waals surface area contributed by atoms with Crippen LogP contribution in [0.1, 0.15) is 29.1 Å². The second kappa shape index (κ2) is 10.5. The lowest BCUT2D eigenvalue weighted by atomic mass is 9.85. The predicted octanol–water partition coefficient (Wildman–Crippen LogP) is 3.19. The van der Waals surface area contributed by atoms with Gasteiger partial charge >= 0.3 is 0 Å². The lowest BCUT2D eigenvalue weighted by Gasteiger charge is -2.29. The summed E-state index contributed by atoms with van der Waals surface area (Å²) in [6.07, 6.45) is 2.85. The Hall–Kier alpha value is -3.41. The van der Waals surface area contributed by atoms with E-state index >= 15 is 0 Å². The predicted molar refractivity (Wildman–Crippen MR) is 130 cm³/mol. The molecule has 0 fully saturated rings. The second-order valence-corrected chi connectivity index (χ2v) is 8.47. The number of hydrogen-bond acceptors (Lipinski definition) is 3. The minimum absolute atomic E-state index is 0.620. The summed E-state index contributed by atoms with van der Waals surface area (Å²) in [6, 6.07) is 29.4. The van der Waals surface area contributed by atoms with Gasteiger partial charge in [-0.1, -0.05) is 78.9 Å². The maximum Gasteiger partial charge on any atom is 0.173 e. The Morgan fingerprint density at radius 2 is 1.42 bits per heavy atom. The van der Waals surface area contributed by atoms with Crippen molar-refractivity contribution in [1.82, 2.24) is 9.55 Å². The molecule has 5 heteroatoms. The molecule has 0 radical (unpaired) electrons. The van der Waals surface area contributed by atoms with E-state index < -0.39 is 5.60 Å². The Bertz CT molecular complexity index is 1090. The van der Waals surface area contributed by atoms with Gasteiger partial charge in [0.1, 0.15) is 18.1 Å². The topological polar surface area (TPSA) is 51.7 Å². The summed E-state index contributed by atoms with van der Waals surface area (Å²) in [7, 11) is 4.16. The summed E-state index contributed by atoms with van der Waals surface area (Å²) >= 11 is 0. The van der Waals surface area contributed by atoms with Gasteiger partial charge in [0.05, 0.1) is 32.1 Å². The fourth-order valence-corrected chi connectivity index (χ4v) is 4.21. The molecule has 4 rings (SSSR count). The standard InChI is InChI=1S/C28H31N3O2/c1-30(19-12-20-33-26-17-10-5-11-18-26)22-25-21-29-27(31(25)2)28(32,23-13-6-3-7-14-23)24-15-8-4-9-16-24/h3-11,13-18,21,32H,12,19-20,22H2,1-2H3/p+1. The highest BCUT2D eigenvalue weighted by atomic mass is 16.5. The van der Waals surface area contributed by atoms with Gasteiger partial charge in [-0.2, -0.15) is 0 Å². The van der Waals surface area contributed by atoms with Crippen LogP contribution in [0.25, 0.3) is 0 Å². The van der Waals surface area contributed by atoms with E-state index in [0.29, 0.717) is 12.4 Å². The molecule has 3 aromatic carbocycles. The Labute approximate surface area is 195 Å². The summed E-state index contributed by atoms with van der Waals surface area (Å²) < 4.78 is 7.84. The molecule has 0 saturated carbocycles. The summed E-state index contributed by atoms with van der Waals surface area (Å²) in [6.45, 7) is 2.49. The number of para-hydroxylation sites is 1. The fourth-order valence-electron chi connectivity index (χ4n) is 4.21. The molecule has 1 atom stereocenters. The molecule has 1 heterocycles. The van der Waals surface area contributed by atoms with Crippen molar-refractivity contribution in [3.63, 3.8) is 0 Å². The monoisotopic (exact) mass is 442 g/mol. The number of hydrogen-bond donors (Lipinski definition) is 2. The molecule has 2 N–H and O–H groups in total. The van der Waals surface area contributed by atoms with Crippen LogP contribution in [0.5, 0.6) is 5.75 Å². The van der Waals surface area contributed by atoms with Crippen LogP contribution in [0.2, 0.25) is 0 Å². The van der Waals surface area contributed by atoms with Crippen LogP contribution < -0.4 is 9.64 Å². The molecule has 0 aliphatic rings. The van der Waals surface area contributed by atoms with E-state index in [1.54, 1.807) is 0 Å². The Morgan fingerprint density at radius 3 is 2.00 bits per heavy atom. The van der Waals surface area contributed by atoms with Gasteiger partial charge in [-0.25, -0.2) is 4.98 Å². The third-order valence-corrected chi connectivity index (χ3v) is 6.03. The SMILES string of the molecule is Cn1c(C[NH+](C)CCCOc2ccccc2)cnc1C(O)(c1ccccc1)c1ccccc1. The lowest BCUT2D eigenvalue weighted by molar-refractivity contribution is -0.894. The summed E-state index contributed by atoms with van der Waals surface area (Å²) in [5.74, 6) is 1.53.